The minimum Gasteiger partial charge on any atom is -0.0971 e. The summed E-state index contributed by atoms with van der Waals surface area (Å²) in [6, 6.07) is 0. The van der Waals surface area contributed by atoms with Crippen LogP contribution in [-0.2, 0) is 20.4 Å². The third-order valence-corrected chi connectivity index (χ3v) is 37.3. The van der Waals surface area contributed by atoms with Crippen LogP contribution in [-0.4, -0.2) is 67.9 Å². The fourth-order valence-electron chi connectivity index (χ4n) is 18.0. The molecule has 0 N–H and O–H groups in total. The molecule has 0 aliphatic heterocycles. The predicted octanol–water partition coefficient (Wildman–Crippen LogP) is 21.2. The summed E-state index contributed by atoms with van der Waals surface area (Å²) in [5, 5.41) is 0. The molecule has 0 atom stereocenters. The molecular formula is C60H108P4Pd. The maximum Gasteiger partial charge on any atom is 0 e. The van der Waals surface area contributed by atoms with Crippen LogP contribution in [0.1, 0.15) is 308 Å². The summed E-state index contributed by atoms with van der Waals surface area (Å²) in [6.07, 6.45) is 76.0. The Kier molecular flexibility index (Phi) is 24.2. The van der Waals surface area contributed by atoms with Gasteiger partial charge in [0.25, 0.3) is 0 Å². The third-order valence-electron chi connectivity index (χ3n) is 21.0. The van der Waals surface area contributed by atoms with Crippen LogP contribution in [0.4, 0.5) is 0 Å². The first-order chi connectivity index (χ1) is 31.8. The Balaban J connectivity index is 0.000000118. The van der Waals surface area contributed by atoms with Crippen molar-refractivity contribution < 1.29 is 20.4 Å². The normalized spacial score (nSPS) is 29.4. The summed E-state index contributed by atoms with van der Waals surface area (Å²) in [5.41, 5.74) is 14.5. The van der Waals surface area contributed by atoms with Crippen molar-refractivity contribution in [3.63, 3.8) is 0 Å². The number of hydrogen-bond acceptors (Lipinski definition) is 0. The van der Waals surface area contributed by atoms with Gasteiger partial charge >= 0.3 is 0 Å². The molecule has 0 unspecified atom stereocenters. The first kappa shape index (κ1) is 53.7. The van der Waals surface area contributed by atoms with Gasteiger partial charge in [0, 0.05) is 20.4 Å². The molecule has 0 spiro atoms. The molecule has 0 aromatic heterocycles. The summed E-state index contributed by atoms with van der Waals surface area (Å²) in [7, 11) is 1.74. The van der Waals surface area contributed by atoms with Crippen LogP contribution in [0, 0.1) is 0 Å². The smallest absolute Gasteiger partial charge is 0 e. The molecule has 12 aliphatic rings. The third kappa shape index (κ3) is 15.2. The van der Waals surface area contributed by atoms with Crippen molar-refractivity contribution in [1.82, 2.24) is 0 Å². The number of hydrogen-bond donors (Lipinski definition) is 0. The minimum absolute atomic E-state index is 0. The average molecular weight is 1060 g/mol. The predicted molar refractivity (Wildman–Crippen MR) is 295 cm³/mol. The molecule has 12 aliphatic carbocycles. The van der Waals surface area contributed by atoms with Crippen molar-refractivity contribution in [3.8, 4) is 0 Å². The summed E-state index contributed by atoms with van der Waals surface area (Å²) in [4.78, 5) is 0. The van der Waals surface area contributed by atoms with E-state index in [0.717, 1.165) is 0 Å². The van der Waals surface area contributed by atoms with Crippen LogP contribution in [0.25, 0.3) is 0 Å². The molecule has 12 saturated carbocycles. The van der Waals surface area contributed by atoms with Gasteiger partial charge in [-0.15, -0.1) is 0 Å². The summed E-state index contributed by atoms with van der Waals surface area (Å²) in [6.45, 7) is 0. The van der Waals surface area contributed by atoms with E-state index in [1.807, 2.05) is 0 Å². The van der Waals surface area contributed by atoms with Crippen molar-refractivity contribution in [2.75, 3.05) is 0 Å². The van der Waals surface area contributed by atoms with Crippen molar-refractivity contribution in [3.05, 3.63) is 0 Å². The van der Waals surface area contributed by atoms with Gasteiger partial charge in [-0.3, -0.25) is 0 Å². The first-order valence-corrected chi connectivity index (χ1v) is 37.1. The molecule has 0 saturated heterocycles. The van der Waals surface area contributed by atoms with Crippen molar-refractivity contribution in [2.45, 2.75) is 376 Å². The van der Waals surface area contributed by atoms with Crippen LogP contribution in [0.5, 0.6) is 0 Å². The van der Waals surface area contributed by atoms with Crippen molar-refractivity contribution in [1.29, 1.82) is 0 Å². The molecule has 5 heteroatoms. The zero-order valence-electron chi connectivity index (χ0n) is 43.0. The monoisotopic (exact) mass is 1060 g/mol. The van der Waals surface area contributed by atoms with Gasteiger partial charge in [-0.1, -0.05) is 186 Å². The molecule has 65 heavy (non-hydrogen) atoms. The topological polar surface area (TPSA) is 0 Å². The van der Waals surface area contributed by atoms with Crippen LogP contribution in [0.2, 0.25) is 0 Å². The Bertz CT molecular complexity index is 877. The zero-order chi connectivity index (χ0) is 43.2. The van der Waals surface area contributed by atoms with Crippen LogP contribution in [0.15, 0.2) is 0 Å². The van der Waals surface area contributed by atoms with Crippen molar-refractivity contribution >= 4 is 31.7 Å². The zero-order valence-corrected chi connectivity index (χ0v) is 48.1. The second-order valence-corrected chi connectivity index (χ2v) is 37.4. The minimum atomic E-state index is 0. The van der Waals surface area contributed by atoms with Gasteiger partial charge in [0.2, 0.25) is 0 Å². The van der Waals surface area contributed by atoms with E-state index in [0.29, 0.717) is 31.7 Å². The first-order valence-electron chi connectivity index (χ1n) is 30.9. The van der Waals surface area contributed by atoms with Crippen molar-refractivity contribution in [2.24, 2.45) is 0 Å². The molecule has 378 valence electrons. The Morgan fingerprint density at radius 1 is 0.123 bits per heavy atom. The van der Waals surface area contributed by atoms with Gasteiger partial charge < -0.3 is 0 Å². The summed E-state index contributed by atoms with van der Waals surface area (Å²) >= 11 is 0. The second-order valence-electron chi connectivity index (χ2n) is 25.0. The van der Waals surface area contributed by atoms with Gasteiger partial charge in [-0.2, -0.15) is 0 Å². The van der Waals surface area contributed by atoms with Crippen LogP contribution < -0.4 is 0 Å². The molecule has 12 rings (SSSR count). The molecular weight excluding hydrogens is 951 g/mol. The molecule has 12 fully saturated rings. The Labute approximate surface area is 425 Å². The van der Waals surface area contributed by atoms with Crippen LogP contribution >= 0.6 is 31.7 Å². The van der Waals surface area contributed by atoms with E-state index in [-0.39, 0.29) is 20.4 Å². The summed E-state index contributed by atoms with van der Waals surface area (Å²) in [5.74, 6) is 0. The fraction of sp³-hybridized carbons (Fsp3) is 1.00. The van der Waals surface area contributed by atoms with Gasteiger partial charge in [0.1, 0.15) is 0 Å². The SMILES string of the molecule is C1CCC(P(C2CCCC2)C2CCCC2)C1.C1CCC(P(C2CCCC2)C2CCCC2)C1.C1CCC(P(C2CCCC2)C2CCCC2)C1.C1CCC(P(C2CCCC2)C2CCCC2)C1.[Pd]. The van der Waals surface area contributed by atoms with E-state index in [9.17, 15) is 0 Å². The Morgan fingerprint density at radius 3 is 0.246 bits per heavy atom. The van der Waals surface area contributed by atoms with Crippen LogP contribution in [0.3, 0.4) is 0 Å². The van der Waals surface area contributed by atoms with E-state index in [2.05, 4.69) is 0 Å². The molecule has 0 radical (unpaired) electrons. The molecule has 0 aromatic carbocycles. The van der Waals surface area contributed by atoms with Gasteiger partial charge in [0.05, 0.1) is 0 Å². The number of rotatable bonds is 12. The van der Waals surface area contributed by atoms with E-state index in [1.165, 1.54) is 67.9 Å². The largest absolute Gasteiger partial charge is 0.0971 e. The fourth-order valence-corrected chi connectivity index (χ4v) is 36.7. The molecule has 0 aromatic rings. The maximum atomic E-state index is 1.61. The standard InChI is InChI=1S/4C15H27P.Pd/c4*1-2-8-13(7-1)16(14-9-3-4-10-14)15-11-5-6-12-15;/h4*13-15H,1-12H2;. The molecule has 0 bridgehead atoms. The second kappa shape index (κ2) is 29.3. The molecule has 0 amide bonds. The molecule has 0 heterocycles. The van der Waals surface area contributed by atoms with E-state index in [1.54, 1.807) is 308 Å². The van der Waals surface area contributed by atoms with E-state index >= 15 is 0 Å². The molecule has 0 nitrogen and oxygen atoms in total. The Morgan fingerprint density at radius 2 is 0.185 bits per heavy atom. The van der Waals surface area contributed by atoms with E-state index in [4.69, 9.17) is 0 Å². The van der Waals surface area contributed by atoms with Gasteiger partial charge in [-0.05, 0) is 222 Å². The average Bonchev–Trinajstić information content (AvgIpc) is 4.17. The maximum absolute atomic E-state index is 1.61. The Hall–Kier alpha value is 2.38. The van der Waals surface area contributed by atoms with E-state index < -0.39 is 0 Å². The van der Waals surface area contributed by atoms with Gasteiger partial charge in [-0.25, -0.2) is 0 Å². The van der Waals surface area contributed by atoms with Gasteiger partial charge in [0.15, 0.2) is 0 Å². The quantitative estimate of drug-likeness (QED) is 0.135. The summed E-state index contributed by atoms with van der Waals surface area (Å²) < 4.78 is 0.